The molecule has 0 bridgehead atoms. The van der Waals surface area contributed by atoms with Crippen LogP contribution in [0.4, 0.5) is 5.82 Å². The van der Waals surface area contributed by atoms with E-state index in [1.165, 1.54) is 18.4 Å². The number of pyridine rings is 1. The van der Waals surface area contributed by atoms with E-state index in [9.17, 15) is 4.79 Å². The summed E-state index contributed by atoms with van der Waals surface area (Å²) in [5.41, 5.74) is 3.30. The number of aryl methyl sites for hydroxylation is 1. The molecular weight excluding hydrogens is 338 g/mol. The zero-order valence-corrected chi connectivity index (χ0v) is 16.5. The van der Waals surface area contributed by atoms with Crippen molar-refractivity contribution in [1.82, 2.24) is 10.3 Å². The van der Waals surface area contributed by atoms with Gasteiger partial charge in [-0.2, -0.15) is 0 Å². The molecule has 144 valence electrons. The van der Waals surface area contributed by atoms with Crippen molar-refractivity contribution in [2.45, 2.75) is 46.1 Å². The number of hydrogen-bond donors (Lipinski definition) is 1. The second kappa shape index (κ2) is 8.89. The number of anilines is 1. The maximum atomic E-state index is 12.2. The number of ether oxygens (including phenoxy) is 1. The van der Waals surface area contributed by atoms with Crippen molar-refractivity contribution < 1.29 is 9.53 Å². The molecule has 1 saturated heterocycles. The lowest BCUT2D eigenvalue weighted by Gasteiger charge is -2.17. The zero-order chi connectivity index (χ0) is 19.2. The quantitative estimate of drug-likeness (QED) is 0.808. The van der Waals surface area contributed by atoms with Gasteiger partial charge in [-0.1, -0.05) is 26.0 Å². The van der Waals surface area contributed by atoms with E-state index in [4.69, 9.17) is 4.74 Å². The molecule has 0 radical (unpaired) electrons. The van der Waals surface area contributed by atoms with Crippen LogP contribution < -0.4 is 15.0 Å². The van der Waals surface area contributed by atoms with Gasteiger partial charge in [-0.15, -0.1) is 0 Å². The van der Waals surface area contributed by atoms with Crippen LogP contribution in [0.25, 0.3) is 0 Å². The average molecular weight is 367 g/mol. The second-order valence-corrected chi connectivity index (χ2v) is 7.46. The molecule has 1 aromatic carbocycles. The topological polar surface area (TPSA) is 54.5 Å². The third-order valence-electron chi connectivity index (χ3n) is 4.97. The summed E-state index contributed by atoms with van der Waals surface area (Å²) in [6.45, 7) is 8.91. The minimum atomic E-state index is -0.121. The van der Waals surface area contributed by atoms with E-state index in [2.05, 4.69) is 41.2 Å². The van der Waals surface area contributed by atoms with Crippen molar-refractivity contribution in [2.24, 2.45) is 0 Å². The molecule has 1 amide bonds. The smallest absolute Gasteiger partial charge is 0.258 e. The van der Waals surface area contributed by atoms with E-state index in [0.717, 1.165) is 35.8 Å². The lowest BCUT2D eigenvalue weighted by Crippen LogP contribution is -2.28. The van der Waals surface area contributed by atoms with Crippen LogP contribution in [-0.2, 0) is 11.3 Å². The molecule has 5 nitrogen and oxygen atoms in total. The predicted octanol–water partition coefficient (Wildman–Crippen LogP) is 3.81. The molecule has 1 aliphatic heterocycles. The fraction of sp³-hybridized carbons (Fsp3) is 0.455. The van der Waals surface area contributed by atoms with Crippen LogP contribution in [0, 0.1) is 6.92 Å². The Kier molecular flexibility index (Phi) is 6.32. The fourth-order valence-electron chi connectivity index (χ4n) is 3.22. The van der Waals surface area contributed by atoms with Gasteiger partial charge in [-0.25, -0.2) is 4.98 Å². The average Bonchev–Trinajstić information content (AvgIpc) is 3.20. The minimum Gasteiger partial charge on any atom is -0.483 e. The molecule has 0 spiro atoms. The van der Waals surface area contributed by atoms with Gasteiger partial charge >= 0.3 is 0 Å². The van der Waals surface area contributed by atoms with Crippen LogP contribution in [0.3, 0.4) is 0 Å². The molecular formula is C22H29N3O2. The molecule has 0 saturated carbocycles. The van der Waals surface area contributed by atoms with Gasteiger partial charge in [0.2, 0.25) is 0 Å². The first kappa shape index (κ1) is 19.2. The summed E-state index contributed by atoms with van der Waals surface area (Å²) in [6.07, 6.45) is 4.25. The van der Waals surface area contributed by atoms with E-state index in [1.807, 2.05) is 31.3 Å². The first-order chi connectivity index (χ1) is 13.0. The Morgan fingerprint density at radius 3 is 2.74 bits per heavy atom. The van der Waals surface area contributed by atoms with Crippen molar-refractivity contribution in [3.63, 3.8) is 0 Å². The molecule has 2 heterocycles. The van der Waals surface area contributed by atoms with Gasteiger partial charge in [0.1, 0.15) is 11.6 Å². The molecule has 1 N–H and O–H groups in total. The van der Waals surface area contributed by atoms with Crippen molar-refractivity contribution in [1.29, 1.82) is 0 Å². The van der Waals surface area contributed by atoms with Crippen molar-refractivity contribution in [3.05, 3.63) is 53.2 Å². The summed E-state index contributed by atoms with van der Waals surface area (Å²) in [5.74, 6) is 2.08. The first-order valence-corrected chi connectivity index (χ1v) is 9.73. The highest BCUT2D eigenvalue weighted by Crippen LogP contribution is 2.24. The van der Waals surface area contributed by atoms with E-state index in [0.29, 0.717) is 12.5 Å². The van der Waals surface area contributed by atoms with Crippen molar-refractivity contribution in [3.8, 4) is 5.75 Å². The highest BCUT2D eigenvalue weighted by molar-refractivity contribution is 5.77. The Morgan fingerprint density at radius 1 is 1.22 bits per heavy atom. The monoisotopic (exact) mass is 367 g/mol. The zero-order valence-electron chi connectivity index (χ0n) is 16.5. The number of rotatable bonds is 7. The summed E-state index contributed by atoms with van der Waals surface area (Å²) < 4.78 is 5.75. The molecule has 5 heteroatoms. The molecule has 1 aromatic heterocycles. The Morgan fingerprint density at radius 2 is 2.00 bits per heavy atom. The Balaban J connectivity index is 1.51. The Labute approximate surface area is 161 Å². The van der Waals surface area contributed by atoms with E-state index in [-0.39, 0.29) is 12.5 Å². The fourth-order valence-corrected chi connectivity index (χ4v) is 3.22. The molecule has 0 unspecified atom stereocenters. The van der Waals surface area contributed by atoms with Crippen LogP contribution in [0.5, 0.6) is 5.75 Å². The van der Waals surface area contributed by atoms with Gasteiger partial charge in [0.25, 0.3) is 5.91 Å². The summed E-state index contributed by atoms with van der Waals surface area (Å²) in [4.78, 5) is 18.9. The van der Waals surface area contributed by atoms with Gasteiger partial charge in [0, 0.05) is 25.8 Å². The van der Waals surface area contributed by atoms with E-state index in [1.54, 1.807) is 0 Å². The number of benzene rings is 1. The van der Waals surface area contributed by atoms with Crippen LogP contribution >= 0.6 is 0 Å². The largest absolute Gasteiger partial charge is 0.483 e. The Bertz CT molecular complexity index is 783. The van der Waals surface area contributed by atoms with Crippen LogP contribution in [0.1, 0.15) is 49.3 Å². The molecule has 2 aromatic rings. The molecule has 1 fully saturated rings. The first-order valence-electron chi connectivity index (χ1n) is 9.73. The SMILES string of the molecule is Cc1ccc(C(C)C)cc1OCC(=O)NCc1ccnc(N2CCCC2)c1. The molecule has 27 heavy (non-hydrogen) atoms. The summed E-state index contributed by atoms with van der Waals surface area (Å²) >= 11 is 0. The van der Waals surface area contributed by atoms with E-state index < -0.39 is 0 Å². The van der Waals surface area contributed by atoms with Gasteiger partial charge in [-0.3, -0.25) is 4.79 Å². The number of carbonyl (C=O) groups excluding carboxylic acids is 1. The predicted molar refractivity (Wildman–Crippen MR) is 108 cm³/mol. The van der Waals surface area contributed by atoms with Crippen LogP contribution in [-0.4, -0.2) is 30.6 Å². The highest BCUT2D eigenvalue weighted by atomic mass is 16.5. The highest BCUT2D eigenvalue weighted by Gasteiger charge is 2.14. The third-order valence-corrected chi connectivity index (χ3v) is 4.97. The van der Waals surface area contributed by atoms with Crippen molar-refractivity contribution >= 4 is 11.7 Å². The summed E-state index contributed by atoms with van der Waals surface area (Å²) in [5, 5.41) is 2.93. The van der Waals surface area contributed by atoms with Crippen molar-refractivity contribution in [2.75, 3.05) is 24.6 Å². The molecule has 1 aliphatic rings. The molecule has 0 atom stereocenters. The number of nitrogens with zero attached hydrogens (tertiary/aromatic N) is 2. The minimum absolute atomic E-state index is 0.0203. The number of amides is 1. The van der Waals surface area contributed by atoms with Gasteiger partial charge in [0.05, 0.1) is 0 Å². The summed E-state index contributed by atoms with van der Waals surface area (Å²) in [6, 6.07) is 10.2. The van der Waals surface area contributed by atoms with Crippen LogP contribution in [0.15, 0.2) is 36.5 Å². The number of hydrogen-bond acceptors (Lipinski definition) is 4. The lowest BCUT2D eigenvalue weighted by molar-refractivity contribution is -0.123. The molecule has 3 rings (SSSR count). The normalized spacial score (nSPS) is 13.9. The van der Waals surface area contributed by atoms with Crippen LogP contribution in [0.2, 0.25) is 0 Å². The Hall–Kier alpha value is -2.56. The van der Waals surface area contributed by atoms with Gasteiger partial charge < -0.3 is 15.0 Å². The molecule has 0 aliphatic carbocycles. The number of nitrogens with one attached hydrogen (secondary N) is 1. The number of carbonyl (C=O) groups is 1. The van der Waals surface area contributed by atoms with E-state index >= 15 is 0 Å². The third kappa shape index (κ3) is 5.22. The van der Waals surface area contributed by atoms with Gasteiger partial charge in [-0.05, 0) is 60.6 Å². The number of aromatic nitrogens is 1. The standard InChI is InChI=1S/C22H29N3O2/c1-16(2)19-7-6-17(3)20(13-19)27-15-22(26)24-14-18-8-9-23-21(12-18)25-10-4-5-11-25/h6-9,12-13,16H,4-5,10-11,14-15H2,1-3H3,(H,24,26). The van der Waals surface area contributed by atoms with Gasteiger partial charge in [0.15, 0.2) is 6.61 Å². The maximum absolute atomic E-state index is 12.2. The lowest BCUT2D eigenvalue weighted by atomic mass is 10.0. The summed E-state index contributed by atoms with van der Waals surface area (Å²) in [7, 11) is 0. The second-order valence-electron chi connectivity index (χ2n) is 7.46. The maximum Gasteiger partial charge on any atom is 0.258 e.